The molecular weight excluding hydrogens is 260 g/mol. The van der Waals surface area contributed by atoms with E-state index in [1.54, 1.807) is 0 Å². The van der Waals surface area contributed by atoms with Gasteiger partial charge in [-0.2, -0.15) is 0 Å². The van der Waals surface area contributed by atoms with Crippen molar-refractivity contribution in [3.63, 3.8) is 0 Å². The number of rotatable bonds is 2. The Kier molecular flexibility index (Phi) is 4.01. The summed E-state index contributed by atoms with van der Waals surface area (Å²) in [6.07, 6.45) is 8.78. The van der Waals surface area contributed by atoms with Crippen LogP contribution in [0.1, 0.15) is 51.4 Å². The molecule has 2 aliphatic carbocycles. The van der Waals surface area contributed by atoms with E-state index in [1.165, 1.54) is 31.4 Å². The minimum Gasteiger partial charge on any atom is -0.384 e. The van der Waals surface area contributed by atoms with Crippen molar-refractivity contribution in [1.29, 1.82) is 0 Å². The van der Waals surface area contributed by atoms with Crippen molar-refractivity contribution in [2.75, 3.05) is 0 Å². The summed E-state index contributed by atoms with van der Waals surface area (Å²) in [6, 6.07) is 0.350. The predicted octanol–water partition coefficient (Wildman–Crippen LogP) is 3.31. The first-order valence-corrected chi connectivity index (χ1v) is 8.44. The third-order valence-corrected chi connectivity index (χ3v) is 6.16. The molecule has 0 saturated heterocycles. The second-order valence-electron chi connectivity index (χ2n) is 6.07. The van der Waals surface area contributed by atoms with Crippen molar-refractivity contribution in [2.24, 2.45) is 5.92 Å². The molecule has 0 bridgehead atoms. The largest absolute Gasteiger partial charge is 0.384 e. The van der Waals surface area contributed by atoms with Crippen molar-refractivity contribution >= 4 is 11.8 Å². The molecular formula is C14H22N2O2S. The summed E-state index contributed by atoms with van der Waals surface area (Å²) in [5.74, 6) is 0.534. The van der Waals surface area contributed by atoms with Crippen LogP contribution in [0.15, 0.2) is 11.1 Å². The molecule has 5 heteroatoms. The van der Waals surface area contributed by atoms with Gasteiger partial charge in [0.25, 0.3) is 0 Å². The normalized spacial score (nSPS) is 38.8. The summed E-state index contributed by atoms with van der Waals surface area (Å²) in [5, 5.41) is 17.6. The zero-order valence-electron chi connectivity index (χ0n) is 11.2. The lowest BCUT2D eigenvalue weighted by Crippen LogP contribution is -2.44. The van der Waals surface area contributed by atoms with Gasteiger partial charge in [0.15, 0.2) is 0 Å². The van der Waals surface area contributed by atoms with Crippen LogP contribution in [0.4, 0.5) is 0 Å². The van der Waals surface area contributed by atoms with Gasteiger partial charge < -0.3 is 5.32 Å². The molecule has 4 nitrogen and oxygen atoms in total. The minimum absolute atomic E-state index is 0.0924. The molecule has 2 atom stereocenters. The predicted molar refractivity (Wildman–Crippen MR) is 77.6 cm³/mol. The Morgan fingerprint density at radius 2 is 1.89 bits per heavy atom. The first kappa shape index (κ1) is 13.3. The Morgan fingerprint density at radius 3 is 2.63 bits per heavy atom. The number of thioether (sulfide) groups is 1. The van der Waals surface area contributed by atoms with Crippen LogP contribution in [0.3, 0.4) is 0 Å². The van der Waals surface area contributed by atoms with Gasteiger partial charge >= 0.3 is 0 Å². The molecule has 0 aromatic rings. The molecule has 19 heavy (non-hydrogen) atoms. The van der Waals surface area contributed by atoms with E-state index >= 15 is 0 Å². The highest BCUT2D eigenvalue weighted by molar-refractivity contribution is 8.02. The molecule has 0 unspecified atom stereocenters. The molecule has 1 heterocycles. The van der Waals surface area contributed by atoms with E-state index in [1.807, 2.05) is 11.8 Å². The van der Waals surface area contributed by atoms with Crippen LogP contribution in [0.25, 0.3) is 0 Å². The molecule has 0 spiro atoms. The van der Waals surface area contributed by atoms with Crippen LogP contribution in [0.5, 0.6) is 0 Å². The van der Waals surface area contributed by atoms with E-state index < -0.39 is 0 Å². The Bertz CT molecular complexity index is 378. The van der Waals surface area contributed by atoms with E-state index in [0.29, 0.717) is 12.0 Å². The summed E-state index contributed by atoms with van der Waals surface area (Å²) >= 11 is 2.00. The van der Waals surface area contributed by atoms with Crippen LogP contribution in [0, 0.1) is 16.0 Å². The van der Waals surface area contributed by atoms with Crippen LogP contribution in [-0.4, -0.2) is 22.3 Å². The van der Waals surface area contributed by atoms with E-state index in [-0.39, 0.29) is 11.0 Å². The Balaban J connectivity index is 1.58. The third-order valence-electron chi connectivity index (χ3n) is 4.86. The molecule has 0 aromatic heterocycles. The lowest BCUT2D eigenvalue weighted by Gasteiger charge is -2.39. The fourth-order valence-electron chi connectivity index (χ4n) is 3.65. The van der Waals surface area contributed by atoms with Gasteiger partial charge in [-0.3, -0.25) is 10.1 Å². The fraction of sp³-hybridized carbons (Fsp3) is 0.857. The maximum atomic E-state index is 10.8. The topological polar surface area (TPSA) is 55.2 Å². The minimum atomic E-state index is -0.296. The summed E-state index contributed by atoms with van der Waals surface area (Å²) in [5.41, 5.74) is 1.37. The maximum Gasteiger partial charge on any atom is 0.213 e. The Hall–Kier alpha value is -0.710. The molecule has 1 aliphatic heterocycles. The van der Waals surface area contributed by atoms with E-state index in [9.17, 15) is 10.1 Å². The van der Waals surface area contributed by atoms with Crippen LogP contribution < -0.4 is 5.32 Å². The Morgan fingerprint density at radius 1 is 1.16 bits per heavy atom. The standard InChI is InChI=1S/C14H22N2O2S/c17-16(18)11-7-5-10(6-8-11)13-9-19-14-4-2-1-3-12(14)15-13/h9-12,14-15H,1-8H2/t10?,11?,12-,14+/m1/s1. The van der Waals surface area contributed by atoms with Gasteiger partial charge in [0.05, 0.1) is 0 Å². The lowest BCUT2D eigenvalue weighted by atomic mass is 9.83. The van der Waals surface area contributed by atoms with Gasteiger partial charge in [0, 0.05) is 34.8 Å². The summed E-state index contributed by atoms with van der Waals surface area (Å²) < 4.78 is 0. The average molecular weight is 282 g/mol. The van der Waals surface area contributed by atoms with Crippen LogP contribution >= 0.6 is 11.8 Å². The smallest absolute Gasteiger partial charge is 0.213 e. The molecule has 3 rings (SSSR count). The van der Waals surface area contributed by atoms with Gasteiger partial charge in [0.1, 0.15) is 0 Å². The van der Waals surface area contributed by atoms with Gasteiger partial charge in [-0.25, -0.2) is 0 Å². The van der Waals surface area contributed by atoms with Crippen LogP contribution in [-0.2, 0) is 0 Å². The Labute approximate surface area is 118 Å². The molecule has 1 N–H and O–H groups in total. The third kappa shape index (κ3) is 2.91. The highest BCUT2D eigenvalue weighted by atomic mass is 32.2. The van der Waals surface area contributed by atoms with Crippen molar-refractivity contribution in [1.82, 2.24) is 5.32 Å². The number of hydrogen-bond acceptors (Lipinski definition) is 4. The second-order valence-corrected chi connectivity index (χ2v) is 7.19. The molecule has 3 aliphatic rings. The van der Waals surface area contributed by atoms with E-state index in [4.69, 9.17) is 0 Å². The molecule has 0 amide bonds. The molecule has 106 valence electrons. The van der Waals surface area contributed by atoms with Gasteiger partial charge in [-0.15, -0.1) is 11.8 Å². The first-order chi connectivity index (χ1) is 9.24. The number of nitro groups is 1. The number of nitrogens with one attached hydrogen (secondary N) is 1. The molecule has 0 aromatic carbocycles. The SMILES string of the molecule is O=[N+]([O-])C1CCC(C2=CS[C@H]3CCCC[C@H]3N2)CC1. The number of nitrogens with zero attached hydrogens (tertiary/aromatic N) is 1. The zero-order chi connectivity index (χ0) is 13.2. The molecule has 2 fully saturated rings. The van der Waals surface area contributed by atoms with Gasteiger partial charge in [-0.1, -0.05) is 12.8 Å². The van der Waals surface area contributed by atoms with Crippen molar-refractivity contribution in [3.8, 4) is 0 Å². The fourth-order valence-corrected chi connectivity index (χ4v) is 4.92. The van der Waals surface area contributed by atoms with Gasteiger partial charge in [-0.05, 0) is 37.0 Å². The maximum absolute atomic E-state index is 10.8. The number of hydrogen-bond donors (Lipinski definition) is 1. The molecule has 0 radical (unpaired) electrons. The zero-order valence-corrected chi connectivity index (χ0v) is 12.0. The summed E-state index contributed by atoms with van der Waals surface area (Å²) in [7, 11) is 0. The number of allylic oxidation sites excluding steroid dienone is 1. The highest BCUT2D eigenvalue weighted by Gasteiger charge is 2.34. The van der Waals surface area contributed by atoms with E-state index in [0.717, 1.165) is 30.9 Å². The summed E-state index contributed by atoms with van der Waals surface area (Å²) in [6.45, 7) is 0. The lowest BCUT2D eigenvalue weighted by molar-refractivity contribution is -0.526. The summed E-state index contributed by atoms with van der Waals surface area (Å²) in [4.78, 5) is 10.7. The van der Waals surface area contributed by atoms with Crippen molar-refractivity contribution < 1.29 is 4.92 Å². The van der Waals surface area contributed by atoms with E-state index in [2.05, 4.69) is 10.7 Å². The van der Waals surface area contributed by atoms with Crippen LogP contribution in [0.2, 0.25) is 0 Å². The number of fused-ring (bicyclic) bond motifs is 1. The molecule has 2 saturated carbocycles. The highest BCUT2D eigenvalue weighted by Crippen LogP contribution is 2.38. The quantitative estimate of drug-likeness (QED) is 0.623. The van der Waals surface area contributed by atoms with Crippen molar-refractivity contribution in [2.45, 2.75) is 68.7 Å². The van der Waals surface area contributed by atoms with Gasteiger partial charge in [0.2, 0.25) is 6.04 Å². The van der Waals surface area contributed by atoms with Crippen molar-refractivity contribution in [3.05, 3.63) is 21.2 Å². The average Bonchev–Trinajstić information content (AvgIpc) is 2.47. The second kappa shape index (κ2) is 5.73. The monoisotopic (exact) mass is 282 g/mol. The first-order valence-electron chi connectivity index (χ1n) is 7.49.